The predicted molar refractivity (Wildman–Crippen MR) is 64.9 cm³/mol. The van der Waals surface area contributed by atoms with Crippen LogP contribution in [0.2, 0.25) is 5.02 Å². The molecule has 1 aromatic heterocycles. The zero-order valence-electron chi connectivity index (χ0n) is 9.27. The zero-order valence-corrected chi connectivity index (χ0v) is 10.0. The third-order valence-electron chi connectivity index (χ3n) is 2.35. The molecule has 0 bridgehead atoms. The molecule has 0 saturated heterocycles. The molecule has 0 aliphatic heterocycles. The van der Waals surface area contributed by atoms with Crippen molar-refractivity contribution in [2.75, 3.05) is 0 Å². The SMILES string of the molecule is Cc1cc(C#N)c(Cl)cc1-n1ncc(=O)[nH]c1=O. The number of aromatic amines is 1. The first kappa shape index (κ1) is 12.1. The van der Waals surface area contributed by atoms with Crippen molar-refractivity contribution in [2.24, 2.45) is 0 Å². The molecule has 2 aromatic rings. The Kier molecular flexibility index (Phi) is 3.00. The summed E-state index contributed by atoms with van der Waals surface area (Å²) in [5, 5.41) is 12.8. The van der Waals surface area contributed by atoms with Gasteiger partial charge in [0.25, 0.3) is 5.56 Å². The Morgan fingerprint density at radius 2 is 2.17 bits per heavy atom. The predicted octanol–water partition coefficient (Wildman–Crippen LogP) is 0.754. The minimum absolute atomic E-state index is 0.220. The van der Waals surface area contributed by atoms with Crippen LogP contribution < -0.4 is 11.2 Å². The number of hydrogen-bond donors (Lipinski definition) is 1. The Bertz CT molecular complexity index is 770. The first-order valence-electron chi connectivity index (χ1n) is 4.92. The van der Waals surface area contributed by atoms with Crippen molar-refractivity contribution in [3.8, 4) is 11.8 Å². The normalized spacial score (nSPS) is 10.1. The van der Waals surface area contributed by atoms with Gasteiger partial charge in [0.2, 0.25) is 0 Å². The smallest absolute Gasteiger partial charge is 0.271 e. The summed E-state index contributed by atoms with van der Waals surface area (Å²) in [6, 6.07) is 4.95. The Hall–Kier alpha value is -2.39. The quantitative estimate of drug-likeness (QED) is 0.821. The van der Waals surface area contributed by atoms with E-state index in [2.05, 4.69) is 10.1 Å². The van der Waals surface area contributed by atoms with Crippen LogP contribution >= 0.6 is 11.6 Å². The fraction of sp³-hybridized carbons (Fsp3) is 0.0909. The summed E-state index contributed by atoms with van der Waals surface area (Å²) in [5.74, 6) is 0. The van der Waals surface area contributed by atoms with Gasteiger partial charge in [-0.3, -0.25) is 9.78 Å². The van der Waals surface area contributed by atoms with E-state index in [9.17, 15) is 9.59 Å². The van der Waals surface area contributed by atoms with Gasteiger partial charge >= 0.3 is 5.69 Å². The molecule has 18 heavy (non-hydrogen) atoms. The number of aromatic nitrogens is 3. The number of nitriles is 1. The number of hydrogen-bond acceptors (Lipinski definition) is 4. The highest BCUT2D eigenvalue weighted by Gasteiger charge is 2.09. The highest BCUT2D eigenvalue weighted by Crippen LogP contribution is 2.22. The van der Waals surface area contributed by atoms with Crippen molar-refractivity contribution in [1.82, 2.24) is 14.8 Å². The highest BCUT2D eigenvalue weighted by molar-refractivity contribution is 6.31. The van der Waals surface area contributed by atoms with Gasteiger partial charge in [0, 0.05) is 0 Å². The van der Waals surface area contributed by atoms with Gasteiger partial charge in [0.15, 0.2) is 0 Å². The summed E-state index contributed by atoms with van der Waals surface area (Å²) in [7, 11) is 0. The van der Waals surface area contributed by atoms with E-state index in [0.29, 0.717) is 16.8 Å². The van der Waals surface area contributed by atoms with Gasteiger partial charge in [-0.2, -0.15) is 15.0 Å². The molecule has 0 amide bonds. The number of nitrogens with zero attached hydrogens (tertiary/aromatic N) is 3. The van der Waals surface area contributed by atoms with Gasteiger partial charge in [-0.15, -0.1) is 0 Å². The van der Waals surface area contributed by atoms with Crippen LogP contribution in [-0.4, -0.2) is 14.8 Å². The standard InChI is InChI=1S/C11H7ClN4O2/c1-6-2-7(4-13)8(12)3-9(6)16-11(18)15-10(17)5-14-16/h2-3,5H,1H3,(H,15,17,18). The van der Waals surface area contributed by atoms with Gasteiger partial charge in [-0.25, -0.2) is 4.79 Å². The Morgan fingerprint density at radius 3 is 2.78 bits per heavy atom. The van der Waals surface area contributed by atoms with Crippen LogP contribution in [0.25, 0.3) is 5.69 Å². The van der Waals surface area contributed by atoms with Crippen LogP contribution in [0.4, 0.5) is 0 Å². The second-order valence-corrected chi connectivity index (χ2v) is 3.99. The Labute approximate surface area is 106 Å². The molecule has 0 atom stereocenters. The minimum atomic E-state index is -0.661. The molecule has 0 unspecified atom stereocenters. The lowest BCUT2D eigenvalue weighted by Gasteiger charge is -2.08. The summed E-state index contributed by atoms with van der Waals surface area (Å²) < 4.78 is 1.02. The summed E-state index contributed by atoms with van der Waals surface area (Å²) in [6.07, 6.45) is 0.993. The van der Waals surface area contributed by atoms with Crippen LogP contribution in [-0.2, 0) is 0 Å². The first-order chi connectivity index (χ1) is 8.52. The molecule has 0 aliphatic carbocycles. The molecule has 0 radical (unpaired) electrons. The largest absolute Gasteiger partial charge is 0.349 e. The molecule has 1 aromatic carbocycles. The maximum absolute atomic E-state index is 11.6. The molecule has 1 N–H and O–H groups in total. The van der Waals surface area contributed by atoms with Crippen LogP contribution in [0.15, 0.2) is 27.9 Å². The number of nitrogens with one attached hydrogen (secondary N) is 1. The number of benzene rings is 1. The molecule has 0 spiro atoms. The van der Waals surface area contributed by atoms with Crippen molar-refractivity contribution >= 4 is 11.6 Å². The third-order valence-corrected chi connectivity index (χ3v) is 2.66. The third kappa shape index (κ3) is 2.04. The molecule has 7 heteroatoms. The van der Waals surface area contributed by atoms with Crippen LogP contribution in [0.1, 0.15) is 11.1 Å². The van der Waals surface area contributed by atoms with Crippen LogP contribution in [0.3, 0.4) is 0 Å². The lowest BCUT2D eigenvalue weighted by Crippen LogP contribution is -2.30. The maximum atomic E-state index is 11.6. The fourth-order valence-corrected chi connectivity index (χ4v) is 1.71. The van der Waals surface area contributed by atoms with Crippen LogP contribution in [0, 0.1) is 18.3 Å². The minimum Gasteiger partial charge on any atom is -0.271 e. The number of halogens is 1. The number of rotatable bonds is 1. The lowest BCUT2D eigenvalue weighted by molar-refractivity contribution is 0.745. The van der Waals surface area contributed by atoms with Gasteiger partial charge in [-0.1, -0.05) is 11.6 Å². The molecule has 0 fully saturated rings. The van der Waals surface area contributed by atoms with Crippen molar-refractivity contribution in [1.29, 1.82) is 5.26 Å². The van der Waals surface area contributed by atoms with Crippen molar-refractivity contribution in [3.05, 3.63) is 55.3 Å². The maximum Gasteiger partial charge on any atom is 0.349 e. The second-order valence-electron chi connectivity index (χ2n) is 3.58. The van der Waals surface area contributed by atoms with Crippen molar-refractivity contribution in [3.63, 3.8) is 0 Å². The Balaban J connectivity index is 2.73. The fourth-order valence-electron chi connectivity index (χ4n) is 1.51. The monoisotopic (exact) mass is 262 g/mol. The van der Waals surface area contributed by atoms with E-state index in [1.54, 1.807) is 13.0 Å². The molecular formula is C11H7ClN4O2. The van der Waals surface area contributed by atoms with E-state index in [-0.39, 0.29) is 5.02 Å². The second kappa shape index (κ2) is 4.47. The van der Waals surface area contributed by atoms with Crippen LogP contribution in [0.5, 0.6) is 0 Å². The van der Waals surface area contributed by atoms with Crippen molar-refractivity contribution < 1.29 is 0 Å². The molecule has 2 rings (SSSR count). The highest BCUT2D eigenvalue weighted by atomic mass is 35.5. The topological polar surface area (TPSA) is 91.5 Å². The van der Waals surface area contributed by atoms with Gasteiger partial charge < -0.3 is 0 Å². The van der Waals surface area contributed by atoms with Crippen molar-refractivity contribution in [2.45, 2.75) is 6.92 Å². The average Bonchev–Trinajstić information content (AvgIpc) is 2.32. The van der Waals surface area contributed by atoms with E-state index in [0.717, 1.165) is 10.9 Å². The molecule has 1 heterocycles. The number of aryl methyl sites for hydroxylation is 1. The van der Waals surface area contributed by atoms with E-state index >= 15 is 0 Å². The summed E-state index contributed by atoms with van der Waals surface area (Å²) in [4.78, 5) is 24.6. The van der Waals surface area contributed by atoms with Gasteiger partial charge in [-0.05, 0) is 24.6 Å². The van der Waals surface area contributed by atoms with Gasteiger partial charge in [0.05, 0.1) is 16.3 Å². The Morgan fingerprint density at radius 1 is 1.44 bits per heavy atom. The zero-order chi connectivity index (χ0) is 13.3. The molecular weight excluding hydrogens is 256 g/mol. The summed E-state index contributed by atoms with van der Waals surface area (Å²) in [5.41, 5.74) is 0.147. The first-order valence-corrected chi connectivity index (χ1v) is 5.30. The molecule has 0 saturated carbocycles. The summed E-state index contributed by atoms with van der Waals surface area (Å²) in [6.45, 7) is 1.71. The van der Waals surface area contributed by atoms with Gasteiger partial charge in [0.1, 0.15) is 12.3 Å². The number of H-pyrrole nitrogens is 1. The van der Waals surface area contributed by atoms with E-state index in [1.165, 1.54) is 6.07 Å². The summed E-state index contributed by atoms with van der Waals surface area (Å²) >= 11 is 5.90. The lowest BCUT2D eigenvalue weighted by atomic mass is 10.1. The average molecular weight is 263 g/mol. The molecule has 90 valence electrons. The van der Waals surface area contributed by atoms with E-state index in [1.807, 2.05) is 6.07 Å². The van der Waals surface area contributed by atoms with E-state index < -0.39 is 11.2 Å². The van der Waals surface area contributed by atoms with E-state index in [4.69, 9.17) is 16.9 Å². The molecule has 0 aliphatic rings. The molecule has 6 nitrogen and oxygen atoms in total.